The molecular weight excluding hydrogens is 276 g/mol. The van der Waals surface area contributed by atoms with Gasteiger partial charge in [-0.15, -0.1) is 0 Å². The molecule has 16 heavy (non-hydrogen) atoms. The highest BCUT2D eigenvalue weighted by Crippen LogP contribution is 2.17. The first-order chi connectivity index (χ1) is 7.58. The van der Waals surface area contributed by atoms with Crippen LogP contribution in [0.2, 0.25) is 0 Å². The molecule has 0 saturated carbocycles. The molecule has 1 aromatic heterocycles. The molecule has 88 valence electrons. The fourth-order valence-electron chi connectivity index (χ4n) is 1.18. The lowest BCUT2D eigenvalue weighted by Gasteiger charge is -2.15. The van der Waals surface area contributed by atoms with Gasteiger partial charge in [-0.2, -0.15) is 0 Å². The van der Waals surface area contributed by atoms with Crippen molar-refractivity contribution in [2.45, 2.75) is 13.0 Å². The number of aliphatic hydroxyl groups excluding tert-OH is 1. The molecule has 1 atom stereocenters. The summed E-state index contributed by atoms with van der Waals surface area (Å²) in [5, 5.41) is 11.9. The quantitative estimate of drug-likeness (QED) is 0.812. The first-order valence-corrected chi connectivity index (χ1v) is 5.45. The number of aromatic nitrogens is 1. The number of hydrogen-bond donors (Lipinski definition) is 2. The van der Waals surface area contributed by atoms with Crippen molar-refractivity contribution in [2.75, 3.05) is 19.0 Å². The van der Waals surface area contributed by atoms with Crippen molar-refractivity contribution in [2.24, 2.45) is 0 Å². The molecule has 0 spiro atoms. The highest BCUT2D eigenvalue weighted by atomic mass is 79.9. The van der Waals surface area contributed by atoms with Crippen molar-refractivity contribution < 1.29 is 14.6 Å². The smallest absolute Gasteiger partial charge is 0.330 e. The van der Waals surface area contributed by atoms with Gasteiger partial charge in [0.2, 0.25) is 0 Å². The average Bonchev–Trinajstić information content (AvgIpc) is 2.27. The largest absolute Gasteiger partial charge is 0.467 e. The molecule has 0 saturated heterocycles. The van der Waals surface area contributed by atoms with Gasteiger partial charge in [-0.05, 0) is 34.5 Å². The lowest BCUT2D eigenvalue weighted by molar-refractivity contribution is -0.142. The zero-order chi connectivity index (χ0) is 12.1. The Labute approximate surface area is 102 Å². The Balaban J connectivity index is 2.82. The molecule has 1 unspecified atom stereocenters. The number of anilines is 1. The Kier molecular flexibility index (Phi) is 4.70. The summed E-state index contributed by atoms with van der Waals surface area (Å²) in [6, 6.07) is 1.07. The number of aryl methyl sites for hydroxylation is 1. The molecule has 0 aliphatic carbocycles. The summed E-state index contributed by atoms with van der Waals surface area (Å²) in [5.74, 6) is 0.0271. The number of ether oxygens (including phenoxy) is 1. The van der Waals surface area contributed by atoms with E-state index in [1.165, 1.54) is 7.11 Å². The molecule has 0 bridgehead atoms. The summed E-state index contributed by atoms with van der Waals surface area (Å²) in [6.45, 7) is 1.51. The first kappa shape index (κ1) is 12.9. The predicted molar refractivity (Wildman–Crippen MR) is 63.2 cm³/mol. The Morgan fingerprint density at radius 1 is 1.75 bits per heavy atom. The van der Waals surface area contributed by atoms with Crippen molar-refractivity contribution in [1.82, 2.24) is 4.98 Å². The van der Waals surface area contributed by atoms with E-state index >= 15 is 0 Å². The van der Waals surface area contributed by atoms with Crippen LogP contribution in [0.1, 0.15) is 5.56 Å². The number of methoxy groups -OCH3 is 1. The van der Waals surface area contributed by atoms with Crippen LogP contribution in [-0.4, -0.2) is 35.8 Å². The summed E-state index contributed by atoms with van der Waals surface area (Å²) >= 11 is 3.29. The SMILES string of the molecule is COC(=O)C(CO)Nc1ncc(Br)cc1C. The number of carbonyl (C=O) groups is 1. The highest BCUT2D eigenvalue weighted by Gasteiger charge is 2.18. The third-order valence-corrected chi connectivity index (χ3v) is 2.46. The van der Waals surface area contributed by atoms with Crippen molar-refractivity contribution >= 4 is 27.7 Å². The number of rotatable bonds is 4. The highest BCUT2D eigenvalue weighted by molar-refractivity contribution is 9.10. The van der Waals surface area contributed by atoms with E-state index in [1.807, 2.05) is 13.0 Å². The second-order valence-corrected chi connectivity index (χ2v) is 4.14. The van der Waals surface area contributed by atoms with Gasteiger partial charge in [-0.25, -0.2) is 9.78 Å². The number of nitrogens with zero attached hydrogens (tertiary/aromatic N) is 1. The van der Waals surface area contributed by atoms with Crippen LogP contribution in [0, 0.1) is 6.92 Å². The van der Waals surface area contributed by atoms with Crippen LogP contribution < -0.4 is 5.32 Å². The molecule has 2 N–H and O–H groups in total. The number of esters is 1. The third kappa shape index (κ3) is 3.18. The molecule has 0 fully saturated rings. The van der Waals surface area contributed by atoms with Crippen molar-refractivity contribution in [3.8, 4) is 0 Å². The second kappa shape index (κ2) is 5.81. The molecule has 0 amide bonds. The lowest BCUT2D eigenvalue weighted by Crippen LogP contribution is -2.34. The normalized spacial score (nSPS) is 12.0. The molecule has 0 aliphatic heterocycles. The summed E-state index contributed by atoms with van der Waals surface area (Å²) in [5.41, 5.74) is 0.872. The van der Waals surface area contributed by atoms with Gasteiger partial charge in [-0.3, -0.25) is 0 Å². The molecule has 1 aromatic rings. The van der Waals surface area contributed by atoms with Crippen LogP contribution in [0.5, 0.6) is 0 Å². The molecule has 0 aliphatic rings. The van der Waals surface area contributed by atoms with Crippen LogP contribution >= 0.6 is 15.9 Å². The molecule has 6 heteroatoms. The van der Waals surface area contributed by atoms with Crippen LogP contribution in [0.3, 0.4) is 0 Å². The minimum absolute atomic E-state index is 0.343. The van der Waals surface area contributed by atoms with Crippen LogP contribution in [-0.2, 0) is 9.53 Å². The maximum Gasteiger partial charge on any atom is 0.330 e. The number of nitrogens with one attached hydrogen (secondary N) is 1. The second-order valence-electron chi connectivity index (χ2n) is 3.22. The van der Waals surface area contributed by atoms with Crippen molar-refractivity contribution in [1.29, 1.82) is 0 Å². The van der Waals surface area contributed by atoms with Crippen LogP contribution in [0.25, 0.3) is 0 Å². The first-order valence-electron chi connectivity index (χ1n) is 4.66. The zero-order valence-electron chi connectivity index (χ0n) is 9.03. The summed E-state index contributed by atoms with van der Waals surface area (Å²) < 4.78 is 5.40. The number of hydrogen-bond acceptors (Lipinski definition) is 5. The van der Waals surface area contributed by atoms with Gasteiger partial charge in [0.25, 0.3) is 0 Å². The maximum absolute atomic E-state index is 11.2. The van der Waals surface area contributed by atoms with Crippen molar-refractivity contribution in [3.05, 3.63) is 22.3 Å². The van der Waals surface area contributed by atoms with Gasteiger partial charge < -0.3 is 15.2 Å². The van der Waals surface area contributed by atoms with Crippen molar-refractivity contribution in [3.63, 3.8) is 0 Å². The van der Waals surface area contributed by atoms with Gasteiger partial charge in [0.15, 0.2) is 0 Å². The van der Waals surface area contributed by atoms with Crippen LogP contribution in [0.15, 0.2) is 16.7 Å². The van der Waals surface area contributed by atoms with E-state index in [0.29, 0.717) is 5.82 Å². The minimum atomic E-state index is -0.794. The standard InChI is InChI=1S/C10H13BrN2O3/c1-6-3-7(11)4-12-9(6)13-8(5-14)10(15)16-2/h3-4,8,14H,5H2,1-2H3,(H,12,13). The van der Waals surface area contributed by atoms with Gasteiger partial charge in [-0.1, -0.05) is 0 Å². The van der Waals surface area contributed by atoms with E-state index in [2.05, 4.69) is 31.0 Å². The predicted octanol–water partition coefficient (Wildman–Crippen LogP) is 1.10. The summed E-state index contributed by atoms with van der Waals surface area (Å²) in [7, 11) is 1.27. The van der Waals surface area contributed by atoms with Gasteiger partial charge in [0, 0.05) is 10.7 Å². The average molecular weight is 289 g/mol. The maximum atomic E-state index is 11.2. The van der Waals surface area contributed by atoms with E-state index in [4.69, 9.17) is 5.11 Å². The Hall–Kier alpha value is -1.14. The van der Waals surface area contributed by atoms with E-state index in [-0.39, 0.29) is 6.61 Å². The van der Waals surface area contributed by atoms with E-state index in [0.717, 1.165) is 10.0 Å². The fraction of sp³-hybridized carbons (Fsp3) is 0.400. The minimum Gasteiger partial charge on any atom is -0.467 e. The number of pyridine rings is 1. The third-order valence-electron chi connectivity index (χ3n) is 2.02. The summed E-state index contributed by atoms with van der Waals surface area (Å²) in [6.07, 6.45) is 1.61. The lowest BCUT2D eigenvalue weighted by atomic mass is 10.2. The Morgan fingerprint density at radius 3 is 2.94 bits per heavy atom. The molecule has 0 aromatic carbocycles. The number of aliphatic hydroxyl groups is 1. The monoisotopic (exact) mass is 288 g/mol. The van der Waals surface area contributed by atoms with Gasteiger partial charge in [0.1, 0.15) is 11.9 Å². The van der Waals surface area contributed by atoms with E-state index in [9.17, 15) is 4.79 Å². The molecule has 0 radical (unpaired) electrons. The topological polar surface area (TPSA) is 71.5 Å². The Morgan fingerprint density at radius 2 is 2.44 bits per heavy atom. The number of halogens is 1. The van der Waals surface area contributed by atoms with E-state index in [1.54, 1.807) is 6.20 Å². The van der Waals surface area contributed by atoms with Gasteiger partial charge >= 0.3 is 5.97 Å². The Bertz CT molecular complexity index is 384. The molecular formula is C10H13BrN2O3. The number of carbonyl (C=O) groups excluding carboxylic acids is 1. The summed E-state index contributed by atoms with van der Waals surface area (Å²) in [4.78, 5) is 15.3. The van der Waals surface area contributed by atoms with E-state index < -0.39 is 12.0 Å². The van der Waals surface area contributed by atoms with Gasteiger partial charge in [0.05, 0.1) is 13.7 Å². The molecule has 1 rings (SSSR count). The molecule has 1 heterocycles. The molecule has 5 nitrogen and oxygen atoms in total. The zero-order valence-corrected chi connectivity index (χ0v) is 10.6. The fourth-order valence-corrected chi connectivity index (χ4v) is 1.62. The van der Waals surface area contributed by atoms with Crippen LogP contribution in [0.4, 0.5) is 5.82 Å².